The highest BCUT2D eigenvalue weighted by Crippen LogP contribution is 2.33. The minimum Gasteiger partial charge on any atom is -0.485 e. The molecular formula is C21H17FO3. The fourth-order valence-electron chi connectivity index (χ4n) is 2.40. The average Bonchev–Trinajstić information content (AvgIpc) is 2.66. The van der Waals surface area contributed by atoms with Gasteiger partial charge in [-0.05, 0) is 23.3 Å². The van der Waals surface area contributed by atoms with E-state index in [0.717, 1.165) is 11.1 Å². The molecule has 0 radical (unpaired) electrons. The van der Waals surface area contributed by atoms with Gasteiger partial charge in [0.2, 0.25) is 0 Å². The molecule has 3 nitrogen and oxygen atoms in total. The molecule has 0 amide bonds. The third kappa shape index (κ3) is 4.44. The molecule has 4 heteroatoms. The SMILES string of the molecule is O=C(F)c1cccc(OCc2ccccc2)c1OCc1ccccc1. The van der Waals surface area contributed by atoms with Crippen molar-refractivity contribution < 1.29 is 18.7 Å². The lowest BCUT2D eigenvalue weighted by atomic mass is 10.2. The van der Waals surface area contributed by atoms with E-state index in [1.54, 1.807) is 12.1 Å². The van der Waals surface area contributed by atoms with Gasteiger partial charge >= 0.3 is 6.04 Å². The van der Waals surface area contributed by atoms with Gasteiger partial charge in [0.1, 0.15) is 13.2 Å². The normalized spacial score (nSPS) is 10.3. The fourth-order valence-corrected chi connectivity index (χ4v) is 2.40. The molecule has 0 atom stereocenters. The first-order valence-corrected chi connectivity index (χ1v) is 7.90. The lowest BCUT2D eigenvalue weighted by Gasteiger charge is -2.15. The Morgan fingerprint density at radius 2 is 1.28 bits per heavy atom. The molecule has 0 saturated heterocycles. The largest absolute Gasteiger partial charge is 0.485 e. The predicted molar refractivity (Wildman–Crippen MR) is 93.4 cm³/mol. The highest BCUT2D eigenvalue weighted by molar-refractivity contribution is 5.92. The minimum atomic E-state index is -1.55. The monoisotopic (exact) mass is 336 g/mol. The van der Waals surface area contributed by atoms with Crippen molar-refractivity contribution in [3.05, 3.63) is 95.6 Å². The summed E-state index contributed by atoms with van der Waals surface area (Å²) in [5.74, 6) is 0.457. The van der Waals surface area contributed by atoms with Gasteiger partial charge in [-0.15, -0.1) is 0 Å². The molecule has 0 aliphatic heterocycles. The van der Waals surface area contributed by atoms with Gasteiger partial charge < -0.3 is 9.47 Å². The molecule has 3 aromatic carbocycles. The maximum absolute atomic E-state index is 13.4. The number of carbonyl (C=O) groups is 1. The summed E-state index contributed by atoms with van der Waals surface area (Å²) < 4.78 is 24.9. The number of para-hydroxylation sites is 1. The molecular weight excluding hydrogens is 319 g/mol. The van der Waals surface area contributed by atoms with Crippen LogP contribution in [0.1, 0.15) is 21.5 Å². The molecule has 0 aliphatic carbocycles. The Balaban J connectivity index is 1.81. The van der Waals surface area contributed by atoms with E-state index in [0.29, 0.717) is 12.4 Å². The van der Waals surface area contributed by atoms with E-state index < -0.39 is 6.04 Å². The number of ether oxygens (including phenoxy) is 2. The van der Waals surface area contributed by atoms with Gasteiger partial charge in [-0.1, -0.05) is 66.7 Å². The second-order valence-electron chi connectivity index (χ2n) is 5.46. The van der Waals surface area contributed by atoms with Crippen molar-refractivity contribution in [3.8, 4) is 11.5 Å². The Morgan fingerprint density at radius 1 is 0.720 bits per heavy atom. The Morgan fingerprint density at radius 3 is 1.84 bits per heavy atom. The van der Waals surface area contributed by atoms with Crippen molar-refractivity contribution in [2.45, 2.75) is 13.2 Å². The van der Waals surface area contributed by atoms with E-state index in [4.69, 9.17) is 9.47 Å². The van der Waals surface area contributed by atoms with E-state index >= 15 is 0 Å². The first-order chi connectivity index (χ1) is 12.2. The van der Waals surface area contributed by atoms with Crippen molar-refractivity contribution in [3.63, 3.8) is 0 Å². The standard InChI is InChI=1S/C21H17FO3/c22-21(23)18-12-7-13-19(24-14-16-8-3-1-4-9-16)20(18)25-15-17-10-5-2-6-11-17/h1-13H,14-15H2. The minimum absolute atomic E-state index is 0.120. The zero-order valence-corrected chi connectivity index (χ0v) is 13.5. The van der Waals surface area contributed by atoms with Gasteiger partial charge in [-0.3, -0.25) is 4.79 Å². The van der Waals surface area contributed by atoms with E-state index in [2.05, 4.69) is 0 Å². The van der Waals surface area contributed by atoms with Crippen LogP contribution >= 0.6 is 0 Å². The molecule has 0 aliphatic rings. The van der Waals surface area contributed by atoms with Crippen molar-refractivity contribution in [2.75, 3.05) is 0 Å². The Kier molecular flexibility index (Phi) is 5.42. The molecule has 25 heavy (non-hydrogen) atoms. The van der Waals surface area contributed by atoms with Crippen LogP contribution in [0.5, 0.6) is 11.5 Å². The second kappa shape index (κ2) is 8.11. The van der Waals surface area contributed by atoms with Crippen molar-refractivity contribution in [1.82, 2.24) is 0 Å². The van der Waals surface area contributed by atoms with Crippen LogP contribution in [0.3, 0.4) is 0 Å². The maximum atomic E-state index is 13.4. The summed E-state index contributed by atoms with van der Waals surface area (Å²) in [6.45, 7) is 0.513. The fraction of sp³-hybridized carbons (Fsp3) is 0.0952. The third-order valence-electron chi connectivity index (χ3n) is 3.65. The quantitative estimate of drug-likeness (QED) is 0.572. The summed E-state index contributed by atoms with van der Waals surface area (Å²) in [6, 6.07) is 22.1. The topological polar surface area (TPSA) is 35.5 Å². The van der Waals surface area contributed by atoms with Gasteiger partial charge in [0.05, 0.1) is 5.56 Å². The number of rotatable bonds is 7. The first-order valence-electron chi connectivity index (χ1n) is 7.90. The Hall–Kier alpha value is -3.14. The summed E-state index contributed by atoms with van der Waals surface area (Å²) in [5.41, 5.74) is 1.74. The van der Waals surface area contributed by atoms with Crippen molar-refractivity contribution >= 4 is 6.04 Å². The van der Waals surface area contributed by atoms with Gasteiger partial charge in [-0.2, -0.15) is 4.39 Å². The van der Waals surface area contributed by atoms with Crippen molar-refractivity contribution in [2.24, 2.45) is 0 Å². The summed E-state index contributed by atoms with van der Waals surface area (Å²) >= 11 is 0. The molecule has 0 unspecified atom stereocenters. The second-order valence-corrected chi connectivity index (χ2v) is 5.46. The number of hydrogen-bond acceptors (Lipinski definition) is 3. The highest BCUT2D eigenvalue weighted by atomic mass is 19.1. The Labute approximate surface area is 145 Å². The molecule has 0 N–H and O–H groups in total. The van der Waals surface area contributed by atoms with Crippen LogP contribution in [0.4, 0.5) is 4.39 Å². The highest BCUT2D eigenvalue weighted by Gasteiger charge is 2.17. The van der Waals surface area contributed by atoms with Crippen LogP contribution in [-0.4, -0.2) is 6.04 Å². The van der Waals surface area contributed by atoms with E-state index in [1.807, 2.05) is 60.7 Å². The molecule has 3 rings (SSSR count). The van der Waals surface area contributed by atoms with Crippen molar-refractivity contribution in [1.29, 1.82) is 0 Å². The lowest BCUT2D eigenvalue weighted by Crippen LogP contribution is -2.04. The lowest BCUT2D eigenvalue weighted by molar-refractivity contribution is 0.0829. The van der Waals surface area contributed by atoms with Crippen LogP contribution in [0.2, 0.25) is 0 Å². The van der Waals surface area contributed by atoms with E-state index in [9.17, 15) is 9.18 Å². The average molecular weight is 336 g/mol. The molecule has 0 aromatic heterocycles. The number of benzene rings is 3. The molecule has 126 valence electrons. The maximum Gasteiger partial charge on any atom is 0.336 e. The van der Waals surface area contributed by atoms with Crippen LogP contribution < -0.4 is 9.47 Å². The van der Waals surface area contributed by atoms with Crippen LogP contribution in [-0.2, 0) is 13.2 Å². The molecule has 0 fully saturated rings. The smallest absolute Gasteiger partial charge is 0.336 e. The summed E-state index contributed by atoms with van der Waals surface area (Å²) in [5, 5.41) is 0. The molecule has 0 heterocycles. The molecule has 3 aromatic rings. The summed E-state index contributed by atoms with van der Waals surface area (Å²) in [4.78, 5) is 11.3. The van der Waals surface area contributed by atoms with Gasteiger partial charge in [-0.25, -0.2) is 0 Å². The number of hydrogen-bond donors (Lipinski definition) is 0. The summed E-state index contributed by atoms with van der Waals surface area (Å²) in [7, 11) is 0. The number of carbonyl (C=O) groups excluding carboxylic acids is 1. The van der Waals surface area contributed by atoms with Gasteiger partial charge in [0.25, 0.3) is 0 Å². The van der Waals surface area contributed by atoms with E-state index in [1.165, 1.54) is 6.07 Å². The first kappa shape index (κ1) is 16.7. The van der Waals surface area contributed by atoms with E-state index in [-0.39, 0.29) is 17.9 Å². The predicted octanol–water partition coefficient (Wildman–Crippen LogP) is 4.95. The molecule has 0 spiro atoms. The van der Waals surface area contributed by atoms with Gasteiger partial charge in [0, 0.05) is 0 Å². The molecule has 0 saturated carbocycles. The zero-order chi connectivity index (χ0) is 17.5. The molecule has 0 bridgehead atoms. The summed E-state index contributed by atoms with van der Waals surface area (Å²) in [6.07, 6.45) is 0. The number of halogens is 1. The van der Waals surface area contributed by atoms with Crippen LogP contribution in [0.25, 0.3) is 0 Å². The third-order valence-corrected chi connectivity index (χ3v) is 3.65. The van der Waals surface area contributed by atoms with Crippen LogP contribution in [0, 0.1) is 0 Å². The Bertz CT molecular complexity index is 832. The van der Waals surface area contributed by atoms with Gasteiger partial charge in [0.15, 0.2) is 11.5 Å². The zero-order valence-electron chi connectivity index (χ0n) is 13.5. The van der Waals surface area contributed by atoms with Crippen LogP contribution in [0.15, 0.2) is 78.9 Å².